The van der Waals surface area contributed by atoms with E-state index in [0.29, 0.717) is 18.8 Å². The first-order valence-corrected chi connectivity index (χ1v) is 7.42. The van der Waals surface area contributed by atoms with E-state index in [0.717, 1.165) is 11.3 Å². The molecule has 0 unspecified atom stereocenters. The van der Waals surface area contributed by atoms with Crippen LogP contribution in [0.4, 0.5) is 0 Å². The number of carbonyl (C=O) groups excluding carboxylic acids is 1. The highest BCUT2D eigenvalue weighted by molar-refractivity contribution is 5.92. The number of amides is 1. The van der Waals surface area contributed by atoms with Crippen LogP contribution >= 0.6 is 0 Å². The summed E-state index contributed by atoms with van der Waals surface area (Å²) in [4.78, 5) is 14.4. The van der Waals surface area contributed by atoms with Crippen LogP contribution in [0.3, 0.4) is 0 Å². The molecule has 0 aliphatic rings. The average molecular weight is 285 g/mol. The molecule has 2 aromatic rings. The van der Waals surface area contributed by atoms with E-state index in [1.165, 1.54) is 0 Å². The molecule has 2 rings (SSSR count). The number of hydrogen-bond acceptors (Lipinski definition) is 2. The Balaban J connectivity index is 2.18. The molecule has 0 spiro atoms. The summed E-state index contributed by atoms with van der Waals surface area (Å²) >= 11 is 0. The molecule has 0 aliphatic heterocycles. The van der Waals surface area contributed by atoms with Crippen LogP contribution in [0.15, 0.2) is 36.4 Å². The van der Waals surface area contributed by atoms with E-state index in [1.54, 1.807) is 0 Å². The Hall–Kier alpha value is -2.10. The summed E-state index contributed by atoms with van der Waals surface area (Å²) in [5.41, 5.74) is 2.68. The van der Waals surface area contributed by atoms with Crippen molar-refractivity contribution < 1.29 is 4.79 Å². The molecule has 4 nitrogen and oxygen atoms in total. The first-order chi connectivity index (χ1) is 10.0. The highest BCUT2D eigenvalue weighted by atomic mass is 16.2. The number of aryl methyl sites for hydroxylation is 1. The van der Waals surface area contributed by atoms with Crippen molar-refractivity contribution in [1.29, 1.82) is 0 Å². The summed E-state index contributed by atoms with van der Waals surface area (Å²) in [5, 5.41) is 4.45. The lowest BCUT2D eigenvalue weighted by Gasteiger charge is -2.20. The van der Waals surface area contributed by atoms with Crippen molar-refractivity contribution in [3.8, 4) is 0 Å². The molecule has 1 aromatic carbocycles. The van der Waals surface area contributed by atoms with Gasteiger partial charge in [0.05, 0.1) is 0 Å². The van der Waals surface area contributed by atoms with E-state index in [2.05, 4.69) is 18.9 Å². The number of benzene rings is 1. The first kappa shape index (κ1) is 15.3. The SMILES string of the molecule is CCN(Cc1ccccc1)C(=O)c1cc(C)n(C(C)C)n1. The van der Waals surface area contributed by atoms with E-state index in [4.69, 9.17) is 0 Å². The number of hydrogen-bond donors (Lipinski definition) is 0. The zero-order valence-electron chi connectivity index (χ0n) is 13.2. The van der Waals surface area contributed by atoms with E-state index in [9.17, 15) is 4.79 Å². The van der Waals surface area contributed by atoms with Crippen LogP contribution in [0, 0.1) is 6.92 Å². The van der Waals surface area contributed by atoms with Gasteiger partial charge >= 0.3 is 0 Å². The van der Waals surface area contributed by atoms with E-state index < -0.39 is 0 Å². The maximum atomic E-state index is 12.6. The molecular formula is C17H23N3O. The van der Waals surface area contributed by atoms with Crippen molar-refractivity contribution in [3.05, 3.63) is 53.3 Å². The quantitative estimate of drug-likeness (QED) is 0.844. The molecule has 0 fully saturated rings. The third kappa shape index (κ3) is 3.51. The van der Waals surface area contributed by atoms with Gasteiger partial charge in [-0.15, -0.1) is 0 Å². The fraction of sp³-hybridized carbons (Fsp3) is 0.412. The molecule has 0 N–H and O–H groups in total. The van der Waals surface area contributed by atoms with Gasteiger partial charge < -0.3 is 4.90 Å². The molecule has 0 saturated carbocycles. The van der Waals surface area contributed by atoms with Gasteiger partial charge in [-0.25, -0.2) is 0 Å². The standard InChI is InChI=1S/C17H23N3O/c1-5-19(12-15-9-7-6-8-10-15)17(21)16-11-14(4)20(18-16)13(2)3/h6-11,13H,5,12H2,1-4H3. The Morgan fingerprint density at radius 2 is 1.95 bits per heavy atom. The molecule has 0 bridgehead atoms. The monoisotopic (exact) mass is 285 g/mol. The summed E-state index contributed by atoms with van der Waals surface area (Å²) in [6, 6.07) is 12.2. The molecule has 0 aliphatic carbocycles. The van der Waals surface area contributed by atoms with Crippen LogP contribution in [0.1, 0.15) is 48.6 Å². The fourth-order valence-corrected chi connectivity index (χ4v) is 2.41. The van der Waals surface area contributed by atoms with E-state index >= 15 is 0 Å². The zero-order valence-corrected chi connectivity index (χ0v) is 13.2. The Labute approximate surface area is 126 Å². The molecule has 0 atom stereocenters. The number of aromatic nitrogens is 2. The van der Waals surface area contributed by atoms with Gasteiger partial charge in [0.15, 0.2) is 5.69 Å². The maximum absolute atomic E-state index is 12.6. The smallest absolute Gasteiger partial charge is 0.274 e. The van der Waals surface area contributed by atoms with E-state index in [1.807, 2.05) is 59.8 Å². The predicted molar refractivity (Wildman–Crippen MR) is 84.2 cm³/mol. The zero-order chi connectivity index (χ0) is 15.4. The second kappa shape index (κ2) is 6.57. The van der Waals surface area contributed by atoms with Crippen molar-refractivity contribution in [2.75, 3.05) is 6.54 Å². The highest BCUT2D eigenvalue weighted by Crippen LogP contribution is 2.13. The van der Waals surface area contributed by atoms with Gasteiger partial charge in [0.1, 0.15) is 0 Å². The third-order valence-corrected chi connectivity index (χ3v) is 3.52. The Kier molecular flexibility index (Phi) is 4.78. The molecule has 4 heteroatoms. The van der Waals surface area contributed by atoms with Gasteiger partial charge in [-0.2, -0.15) is 5.10 Å². The van der Waals surface area contributed by atoms with Crippen LogP contribution in [-0.2, 0) is 6.54 Å². The van der Waals surface area contributed by atoms with Gasteiger partial charge in [0.2, 0.25) is 0 Å². The second-order valence-electron chi connectivity index (χ2n) is 5.51. The summed E-state index contributed by atoms with van der Waals surface area (Å²) in [7, 11) is 0. The summed E-state index contributed by atoms with van der Waals surface area (Å²) < 4.78 is 1.89. The topological polar surface area (TPSA) is 38.1 Å². The Morgan fingerprint density at radius 1 is 1.29 bits per heavy atom. The lowest BCUT2D eigenvalue weighted by atomic mass is 10.2. The van der Waals surface area contributed by atoms with Gasteiger partial charge in [-0.05, 0) is 39.3 Å². The second-order valence-corrected chi connectivity index (χ2v) is 5.51. The van der Waals surface area contributed by atoms with Gasteiger partial charge in [-0.3, -0.25) is 9.48 Å². The van der Waals surface area contributed by atoms with Crippen molar-refractivity contribution in [1.82, 2.24) is 14.7 Å². The number of nitrogens with zero attached hydrogens (tertiary/aromatic N) is 3. The van der Waals surface area contributed by atoms with Crippen LogP contribution in [0.5, 0.6) is 0 Å². The molecule has 0 saturated heterocycles. The largest absolute Gasteiger partial charge is 0.333 e. The number of carbonyl (C=O) groups is 1. The molecule has 0 radical (unpaired) electrons. The molecule has 1 aromatic heterocycles. The van der Waals surface area contributed by atoms with Crippen molar-refractivity contribution >= 4 is 5.91 Å². The van der Waals surface area contributed by atoms with Crippen molar-refractivity contribution in [2.45, 2.75) is 40.3 Å². The summed E-state index contributed by atoms with van der Waals surface area (Å²) in [6.07, 6.45) is 0. The lowest BCUT2D eigenvalue weighted by Crippen LogP contribution is -2.30. The molecule has 21 heavy (non-hydrogen) atoms. The average Bonchev–Trinajstić information content (AvgIpc) is 2.87. The summed E-state index contributed by atoms with van der Waals surface area (Å²) in [6.45, 7) is 9.39. The minimum Gasteiger partial charge on any atom is -0.333 e. The van der Waals surface area contributed by atoms with E-state index in [-0.39, 0.29) is 11.9 Å². The fourth-order valence-electron chi connectivity index (χ4n) is 2.41. The van der Waals surface area contributed by atoms with Gasteiger partial charge in [0, 0.05) is 24.8 Å². The predicted octanol–water partition coefficient (Wildman–Crippen LogP) is 3.43. The van der Waals surface area contributed by atoms with Crippen molar-refractivity contribution in [3.63, 3.8) is 0 Å². The molecule has 1 heterocycles. The lowest BCUT2D eigenvalue weighted by molar-refractivity contribution is 0.0745. The normalized spacial score (nSPS) is 10.9. The molecular weight excluding hydrogens is 262 g/mol. The van der Waals surface area contributed by atoms with Crippen LogP contribution in [0.2, 0.25) is 0 Å². The Morgan fingerprint density at radius 3 is 2.48 bits per heavy atom. The number of rotatable bonds is 5. The van der Waals surface area contributed by atoms with Gasteiger partial charge in [0.25, 0.3) is 5.91 Å². The summed E-state index contributed by atoms with van der Waals surface area (Å²) in [5.74, 6) is -0.0103. The first-order valence-electron chi connectivity index (χ1n) is 7.42. The van der Waals surface area contributed by atoms with Crippen LogP contribution in [-0.4, -0.2) is 27.1 Å². The minimum absolute atomic E-state index is 0.0103. The van der Waals surface area contributed by atoms with Crippen LogP contribution < -0.4 is 0 Å². The highest BCUT2D eigenvalue weighted by Gasteiger charge is 2.19. The Bertz CT molecular complexity index is 602. The molecule has 1 amide bonds. The minimum atomic E-state index is -0.0103. The van der Waals surface area contributed by atoms with Crippen LogP contribution in [0.25, 0.3) is 0 Å². The molecule has 112 valence electrons. The maximum Gasteiger partial charge on any atom is 0.274 e. The van der Waals surface area contributed by atoms with Gasteiger partial charge in [-0.1, -0.05) is 30.3 Å². The van der Waals surface area contributed by atoms with Crippen molar-refractivity contribution in [2.24, 2.45) is 0 Å². The third-order valence-electron chi connectivity index (χ3n) is 3.52.